The molecule has 0 saturated heterocycles. The Balaban J connectivity index is 1.70. The van der Waals surface area contributed by atoms with E-state index < -0.39 is 0 Å². The molecule has 0 saturated carbocycles. The molecule has 0 bridgehead atoms. The number of hydrogen-bond acceptors (Lipinski definition) is 5. The lowest BCUT2D eigenvalue weighted by atomic mass is 9.86. The minimum Gasteiger partial charge on any atom is -0.325 e. The number of anilines is 1. The number of aryl methyl sites for hydroxylation is 2. The van der Waals surface area contributed by atoms with E-state index in [1.807, 2.05) is 45.0 Å². The molecule has 154 valence electrons. The molecule has 1 atom stereocenters. The lowest BCUT2D eigenvalue weighted by molar-refractivity contribution is -0.115. The normalized spacial score (nSPS) is 12.9. The second-order valence-corrected chi connectivity index (χ2v) is 10.7. The van der Waals surface area contributed by atoms with Gasteiger partial charge in [-0.3, -0.25) is 9.59 Å². The van der Waals surface area contributed by atoms with Crippen molar-refractivity contribution in [3.63, 3.8) is 0 Å². The molecule has 1 unspecified atom stereocenters. The number of nitrogens with one attached hydrogen (secondary N) is 2. The first-order valence-corrected chi connectivity index (χ1v) is 11.5. The number of fused-ring (bicyclic) bond motifs is 1. The van der Waals surface area contributed by atoms with Gasteiger partial charge in [0.2, 0.25) is 5.91 Å². The van der Waals surface area contributed by atoms with Gasteiger partial charge in [-0.1, -0.05) is 39.0 Å². The topological polar surface area (TPSA) is 74.8 Å². The largest absolute Gasteiger partial charge is 0.325 e. The molecule has 0 aliphatic heterocycles. The van der Waals surface area contributed by atoms with Gasteiger partial charge < -0.3 is 10.3 Å². The van der Waals surface area contributed by atoms with Gasteiger partial charge in [0.1, 0.15) is 10.7 Å². The summed E-state index contributed by atoms with van der Waals surface area (Å²) in [7, 11) is 0. The van der Waals surface area contributed by atoms with Gasteiger partial charge >= 0.3 is 0 Å². The van der Waals surface area contributed by atoms with Crippen molar-refractivity contribution >= 4 is 44.9 Å². The molecule has 3 rings (SSSR count). The van der Waals surface area contributed by atoms with E-state index in [9.17, 15) is 9.59 Å². The van der Waals surface area contributed by atoms with E-state index in [1.54, 1.807) is 0 Å². The first-order chi connectivity index (χ1) is 13.6. The van der Waals surface area contributed by atoms with Crippen LogP contribution in [0.5, 0.6) is 0 Å². The third-order valence-electron chi connectivity index (χ3n) is 4.92. The number of nitrogens with zero attached hydrogens (tertiary/aromatic N) is 1. The van der Waals surface area contributed by atoms with Crippen molar-refractivity contribution in [3.8, 4) is 0 Å². The van der Waals surface area contributed by atoms with Gasteiger partial charge in [-0.05, 0) is 43.4 Å². The number of carbonyl (C=O) groups excluding carboxylic acids is 1. The molecule has 1 amide bonds. The van der Waals surface area contributed by atoms with Crippen LogP contribution in [0.3, 0.4) is 0 Å². The Morgan fingerprint density at radius 2 is 1.97 bits per heavy atom. The van der Waals surface area contributed by atoms with Crippen molar-refractivity contribution in [1.29, 1.82) is 0 Å². The van der Waals surface area contributed by atoms with E-state index >= 15 is 0 Å². The van der Waals surface area contributed by atoms with Crippen molar-refractivity contribution in [3.05, 3.63) is 56.4 Å². The van der Waals surface area contributed by atoms with E-state index in [0.29, 0.717) is 17.0 Å². The number of aromatic nitrogens is 2. The SMILES string of the molecule is Cc1sc2nc(CSC(C)C(=O)Nc3ccccc3C(C)(C)C)[nH]c(=O)c2c1C. The smallest absolute Gasteiger partial charge is 0.259 e. The van der Waals surface area contributed by atoms with Gasteiger partial charge in [-0.25, -0.2) is 4.98 Å². The maximum Gasteiger partial charge on any atom is 0.259 e. The summed E-state index contributed by atoms with van der Waals surface area (Å²) in [5, 5.41) is 3.45. The molecular weight excluding hydrogens is 402 g/mol. The number of thiophene rings is 1. The van der Waals surface area contributed by atoms with E-state index in [4.69, 9.17) is 0 Å². The monoisotopic (exact) mass is 429 g/mol. The quantitative estimate of drug-likeness (QED) is 0.587. The summed E-state index contributed by atoms with van der Waals surface area (Å²) in [4.78, 5) is 34.4. The van der Waals surface area contributed by atoms with E-state index in [1.165, 1.54) is 23.1 Å². The highest BCUT2D eigenvalue weighted by Crippen LogP contribution is 2.30. The van der Waals surface area contributed by atoms with Gasteiger partial charge in [0.05, 0.1) is 16.4 Å². The van der Waals surface area contributed by atoms with Crippen LogP contribution >= 0.6 is 23.1 Å². The molecule has 7 heteroatoms. The van der Waals surface area contributed by atoms with Crippen LogP contribution in [0, 0.1) is 13.8 Å². The van der Waals surface area contributed by atoms with Gasteiger partial charge in [0, 0.05) is 10.6 Å². The minimum atomic E-state index is -0.282. The number of para-hydroxylation sites is 1. The van der Waals surface area contributed by atoms with Crippen LogP contribution in [0.2, 0.25) is 0 Å². The standard InChI is InChI=1S/C22H27N3O2S2/c1-12-13(2)29-21-18(12)20(27)24-17(25-21)11-28-14(3)19(26)23-16-10-8-7-9-15(16)22(4,5)6/h7-10,14H,11H2,1-6H3,(H,23,26)(H,24,25,27). The third-order valence-corrected chi connectivity index (χ3v) is 7.18. The molecule has 2 aromatic heterocycles. The summed E-state index contributed by atoms with van der Waals surface area (Å²) in [6.07, 6.45) is 0. The number of hydrogen-bond donors (Lipinski definition) is 2. The number of H-pyrrole nitrogens is 1. The van der Waals surface area contributed by atoms with Crippen LogP contribution in [0.15, 0.2) is 29.1 Å². The van der Waals surface area contributed by atoms with Crippen LogP contribution in [-0.4, -0.2) is 21.1 Å². The summed E-state index contributed by atoms with van der Waals surface area (Å²) in [5.74, 6) is 1.01. The number of benzene rings is 1. The Kier molecular flexibility index (Phi) is 6.19. The van der Waals surface area contributed by atoms with Crippen molar-refractivity contribution in [2.24, 2.45) is 0 Å². The second kappa shape index (κ2) is 8.32. The first kappa shape index (κ1) is 21.6. The Bertz CT molecular complexity index is 1110. The summed E-state index contributed by atoms with van der Waals surface area (Å²) in [6.45, 7) is 12.2. The van der Waals surface area contributed by atoms with Gasteiger partial charge in [-0.2, -0.15) is 0 Å². The van der Waals surface area contributed by atoms with Crippen molar-refractivity contribution in [2.45, 2.75) is 58.0 Å². The van der Waals surface area contributed by atoms with Crippen LogP contribution in [0.25, 0.3) is 10.2 Å². The lowest BCUT2D eigenvalue weighted by Gasteiger charge is -2.23. The highest BCUT2D eigenvalue weighted by atomic mass is 32.2. The van der Waals surface area contributed by atoms with Crippen molar-refractivity contribution in [1.82, 2.24) is 9.97 Å². The average molecular weight is 430 g/mol. The summed E-state index contributed by atoms with van der Waals surface area (Å²) < 4.78 is 0. The van der Waals surface area contributed by atoms with Gasteiger partial charge in [0.25, 0.3) is 5.56 Å². The fraction of sp³-hybridized carbons (Fsp3) is 0.409. The summed E-state index contributed by atoms with van der Waals surface area (Å²) in [5.41, 5.74) is 2.77. The van der Waals surface area contributed by atoms with Crippen LogP contribution < -0.4 is 10.9 Å². The third kappa shape index (κ3) is 4.73. The fourth-order valence-corrected chi connectivity index (χ4v) is 4.93. The highest BCUT2D eigenvalue weighted by molar-refractivity contribution is 7.99. The number of amides is 1. The molecule has 5 nitrogen and oxygen atoms in total. The van der Waals surface area contributed by atoms with Gasteiger partial charge in [-0.15, -0.1) is 23.1 Å². The Morgan fingerprint density at radius 3 is 2.66 bits per heavy atom. The summed E-state index contributed by atoms with van der Waals surface area (Å²) >= 11 is 2.99. The highest BCUT2D eigenvalue weighted by Gasteiger charge is 2.21. The van der Waals surface area contributed by atoms with Crippen LogP contribution in [0.4, 0.5) is 5.69 Å². The maximum atomic E-state index is 12.7. The number of carbonyl (C=O) groups is 1. The molecular formula is C22H27N3O2S2. The first-order valence-electron chi connectivity index (χ1n) is 9.59. The molecule has 0 radical (unpaired) electrons. The van der Waals surface area contributed by atoms with Crippen LogP contribution in [0.1, 0.15) is 49.5 Å². The predicted octanol–water partition coefficient (Wildman–Crippen LogP) is 5.16. The predicted molar refractivity (Wildman–Crippen MR) is 124 cm³/mol. The molecule has 2 N–H and O–H groups in total. The second-order valence-electron chi connectivity index (χ2n) is 8.21. The lowest BCUT2D eigenvalue weighted by Crippen LogP contribution is -2.25. The molecule has 2 heterocycles. The van der Waals surface area contributed by atoms with Crippen molar-refractivity contribution < 1.29 is 4.79 Å². The summed E-state index contributed by atoms with van der Waals surface area (Å²) in [6, 6.07) is 7.89. The average Bonchev–Trinajstić information content (AvgIpc) is 2.93. The molecule has 0 spiro atoms. The Labute approximate surface area is 179 Å². The maximum absolute atomic E-state index is 12.7. The zero-order chi connectivity index (χ0) is 21.3. The van der Waals surface area contributed by atoms with E-state index in [-0.39, 0.29) is 22.1 Å². The fourth-order valence-electron chi connectivity index (χ4n) is 3.13. The van der Waals surface area contributed by atoms with Crippen LogP contribution in [-0.2, 0) is 16.0 Å². The molecule has 3 aromatic rings. The Morgan fingerprint density at radius 1 is 1.28 bits per heavy atom. The zero-order valence-electron chi connectivity index (χ0n) is 17.7. The van der Waals surface area contributed by atoms with E-state index in [0.717, 1.165) is 26.5 Å². The number of aromatic amines is 1. The number of rotatable bonds is 5. The minimum absolute atomic E-state index is 0.0575. The molecule has 0 fully saturated rings. The van der Waals surface area contributed by atoms with Crippen molar-refractivity contribution in [2.75, 3.05) is 5.32 Å². The molecule has 0 aliphatic carbocycles. The molecule has 0 aliphatic rings. The van der Waals surface area contributed by atoms with Gasteiger partial charge in [0.15, 0.2) is 0 Å². The number of thioether (sulfide) groups is 1. The zero-order valence-corrected chi connectivity index (χ0v) is 19.3. The molecule has 29 heavy (non-hydrogen) atoms. The molecule has 1 aromatic carbocycles. The van der Waals surface area contributed by atoms with E-state index in [2.05, 4.69) is 36.1 Å². The Hall–Kier alpha value is -2.12.